The zero-order valence-corrected chi connectivity index (χ0v) is 71.2. The number of ether oxygens (including phenoxy) is 1. The van der Waals surface area contributed by atoms with E-state index in [9.17, 15) is 47.9 Å². The Hall–Kier alpha value is -10.8. The zero-order chi connectivity index (χ0) is 85.9. The van der Waals surface area contributed by atoms with E-state index in [1.807, 2.05) is 75.2 Å². The van der Waals surface area contributed by atoms with Crippen LogP contribution in [0.4, 0.5) is 0 Å². The van der Waals surface area contributed by atoms with E-state index in [0.29, 0.717) is 13.2 Å². The summed E-state index contributed by atoms with van der Waals surface area (Å²) in [5, 5.41) is 24.3. The van der Waals surface area contributed by atoms with Crippen molar-refractivity contribution in [1.29, 1.82) is 0 Å². The summed E-state index contributed by atoms with van der Waals surface area (Å²) in [6.45, 7) is 20.7. The Morgan fingerprint density at radius 3 is 1.07 bits per heavy atom. The standard InChI is InChI=1S/2C12H20N2O.C10H16N2O.C10H9NO.C9H14N2O.C8H14N2O.C7H12N2O.C7H11NO.C6H9NO2.C5H7NO/c2*1-3-11-7-6-10-14(11)9-5-4-8-12(15)13-2;1-11-10(13)6-2-3-7-12-8-4-5-9-12;1-11-10(12)8-7-9-5-3-2-4-6-9;1-10-9(12)5-4-8-11-6-2-3-7-11;1-9-8(11)6-4-5-7-10(2)3;1-8-7(10)5-4-6-9(2)3;1-3-4-5-6-7(9)8-2;1-7-6(8)4-3-5-9-2;1-3-4-5(7)6-2/h2*11H,3,5-7,9-10H2,1-2H3,(H,13,15);3-5,7-9H2,1H3,(H,11,13);2-6H,1H3,(H,11,12);2-3,6-8H2,1H3,(H,10,12);5,7H2,1-3H3,(H,9,11);6H2,1-3H3,(H,8,10);3-4H2,1-2H3,(H,8,9);5H2,1-2H3,(H,7,8);1-2H3,(H,6,7)/t11-;;;;;;;;;/m0........./s1. The molecule has 0 aromatic heterocycles. The molecule has 27 nitrogen and oxygen atoms in total. The fraction of sp³-hybridized carbons (Fsp3) is 0.581. The van der Waals surface area contributed by atoms with Crippen molar-refractivity contribution in [3.05, 3.63) is 35.9 Å². The summed E-state index contributed by atoms with van der Waals surface area (Å²) in [4.78, 5) is 119. The molecule has 622 valence electrons. The molecular formula is C86H132N16O11. The van der Waals surface area contributed by atoms with Crippen molar-refractivity contribution in [2.24, 2.45) is 0 Å². The molecule has 0 radical (unpaired) electrons. The van der Waals surface area contributed by atoms with E-state index in [2.05, 4.69) is 210 Å². The summed E-state index contributed by atoms with van der Waals surface area (Å²) in [6.07, 6.45) is 17.8. The number of hydrogen-bond acceptors (Lipinski definition) is 17. The highest BCUT2D eigenvalue weighted by atomic mass is 16.5. The maximum atomic E-state index is 10.8. The van der Waals surface area contributed by atoms with E-state index in [1.54, 1.807) is 70.4 Å². The number of amides is 10. The third-order valence-corrected chi connectivity index (χ3v) is 15.1. The summed E-state index contributed by atoms with van der Waals surface area (Å²) < 4.78 is 4.58. The van der Waals surface area contributed by atoms with Gasteiger partial charge in [-0.25, -0.2) is 0 Å². The van der Waals surface area contributed by atoms with Crippen LogP contribution in [0.15, 0.2) is 30.3 Å². The van der Waals surface area contributed by atoms with Gasteiger partial charge in [0.2, 0.25) is 0 Å². The number of unbranched alkanes of at least 4 members (excludes halogenated alkanes) is 1. The van der Waals surface area contributed by atoms with Crippen LogP contribution in [0.25, 0.3) is 0 Å². The van der Waals surface area contributed by atoms with Crippen LogP contribution in [0, 0.1) is 118 Å². The Morgan fingerprint density at radius 2 is 0.726 bits per heavy atom. The molecule has 0 saturated carbocycles. The summed E-state index contributed by atoms with van der Waals surface area (Å²) in [7, 11) is 25.0. The van der Waals surface area contributed by atoms with Crippen molar-refractivity contribution >= 4 is 59.1 Å². The molecule has 0 aliphatic carbocycles. The van der Waals surface area contributed by atoms with Crippen molar-refractivity contribution in [3.63, 3.8) is 0 Å². The van der Waals surface area contributed by atoms with E-state index in [0.717, 1.165) is 102 Å². The lowest BCUT2D eigenvalue weighted by molar-refractivity contribution is -0.116. The van der Waals surface area contributed by atoms with Gasteiger partial charge in [0.05, 0.1) is 13.1 Å². The van der Waals surface area contributed by atoms with E-state index in [-0.39, 0.29) is 59.1 Å². The van der Waals surface area contributed by atoms with Gasteiger partial charge in [0, 0.05) is 159 Å². The first kappa shape index (κ1) is 111. The minimum atomic E-state index is -0.285. The number of carbonyl (C=O) groups is 10. The van der Waals surface area contributed by atoms with Gasteiger partial charge in [-0.3, -0.25) is 67.5 Å². The van der Waals surface area contributed by atoms with Gasteiger partial charge in [0.15, 0.2) is 0 Å². The smallest absolute Gasteiger partial charge is 0.295 e. The summed E-state index contributed by atoms with van der Waals surface area (Å²) in [5.41, 5.74) is 0.848. The zero-order valence-electron chi connectivity index (χ0n) is 71.2. The SMILES string of the molecule is CC#CC(=O)NC.CCC1CCCN1CCC#CC(=O)NC.CCCC#CC(=O)NC.CC[C@H]1CCCN1CCC#CC(=O)NC.CNC(=O)C#CCCN(C)C.CNC(=O)C#CCCN1CCCC1.CNC(=O)C#CCN(C)C.CNC(=O)C#CCN1CCCC1.CNC(=O)C#CCOC.CNC(=O)C#Cc1ccccc1. The molecule has 27 heteroatoms. The lowest BCUT2D eigenvalue weighted by Crippen LogP contribution is -2.29. The molecule has 0 bridgehead atoms. The molecule has 1 aromatic rings. The molecule has 5 rings (SSSR count). The van der Waals surface area contributed by atoms with Crippen molar-refractivity contribution in [2.45, 2.75) is 143 Å². The van der Waals surface area contributed by atoms with E-state index in [4.69, 9.17) is 0 Å². The van der Waals surface area contributed by atoms with Gasteiger partial charge in [-0.1, -0.05) is 98.2 Å². The van der Waals surface area contributed by atoms with Crippen molar-refractivity contribution in [3.8, 4) is 118 Å². The fourth-order valence-electron chi connectivity index (χ4n) is 9.07. The third kappa shape index (κ3) is 77.8. The second-order valence-corrected chi connectivity index (χ2v) is 24.4. The van der Waals surface area contributed by atoms with Crippen LogP contribution in [0.3, 0.4) is 0 Å². The Morgan fingerprint density at radius 1 is 0.389 bits per heavy atom. The number of rotatable bonds is 14. The molecule has 1 unspecified atom stereocenters. The Kier molecular flexibility index (Phi) is 80.6. The summed E-state index contributed by atoms with van der Waals surface area (Å²) in [6, 6.07) is 10.9. The highest BCUT2D eigenvalue weighted by molar-refractivity contribution is 5.96. The molecule has 0 spiro atoms. The first-order valence-electron chi connectivity index (χ1n) is 38.1. The largest absolute Gasteiger partial charge is 0.372 e. The molecular weight excluding hydrogens is 1430 g/mol. The topological polar surface area (TPSA) is 320 Å². The Labute approximate surface area is 678 Å². The molecule has 4 heterocycles. The average molecular weight is 1570 g/mol. The molecule has 10 amide bonds. The first-order chi connectivity index (χ1) is 54.3. The number of nitrogens with one attached hydrogen (secondary N) is 10. The minimum Gasteiger partial charge on any atom is -0.372 e. The second kappa shape index (κ2) is 82.2. The van der Waals surface area contributed by atoms with Gasteiger partial charge in [0.1, 0.15) is 6.61 Å². The van der Waals surface area contributed by atoms with Crippen molar-refractivity contribution in [2.75, 3.05) is 191 Å². The second-order valence-electron chi connectivity index (χ2n) is 24.4. The van der Waals surface area contributed by atoms with Crippen LogP contribution in [0.1, 0.15) is 136 Å². The van der Waals surface area contributed by atoms with E-state index in [1.165, 1.54) is 105 Å². The molecule has 1 aromatic carbocycles. The molecule has 4 fully saturated rings. The molecule has 4 saturated heterocycles. The van der Waals surface area contributed by atoms with Crippen LogP contribution in [0.2, 0.25) is 0 Å². The van der Waals surface area contributed by atoms with E-state index < -0.39 is 0 Å². The first-order valence-corrected chi connectivity index (χ1v) is 38.1. The number of carbonyl (C=O) groups excluding carboxylic acids is 10. The summed E-state index contributed by atoms with van der Waals surface area (Å²) >= 11 is 0. The van der Waals surface area contributed by atoms with Crippen LogP contribution < -0.4 is 53.2 Å². The monoisotopic (exact) mass is 1570 g/mol. The maximum absolute atomic E-state index is 10.8. The van der Waals surface area contributed by atoms with Gasteiger partial charge >= 0.3 is 0 Å². The van der Waals surface area contributed by atoms with Gasteiger partial charge < -0.3 is 67.7 Å². The van der Waals surface area contributed by atoms with Crippen molar-refractivity contribution < 1.29 is 52.7 Å². The highest BCUT2D eigenvalue weighted by Crippen LogP contribution is 2.20. The third-order valence-electron chi connectivity index (χ3n) is 15.1. The molecule has 4 aliphatic heterocycles. The normalized spacial score (nSPS) is 13.2. The van der Waals surface area contributed by atoms with Gasteiger partial charge in [0.25, 0.3) is 59.1 Å². The number of likely N-dealkylation sites (tertiary alicyclic amines) is 4. The Balaban J connectivity index is -0.000000385. The fourth-order valence-corrected chi connectivity index (χ4v) is 9.07. The van der Waals surface area contributed by atoms with Gasteiger partial charge in [-0.2, -0.15) is 0 Å². The number of hydrogen-bond donors (Lipinski definition) is 10. The molecule has 4 aliphatic rings. The lowest BCUT2D eigenvalue weighted by Gasteiger charge is -2.21. The Bertz CT molecular complexity index is 3460. The maximum Gasteiger partial charge on any atom is 0.295 e. The van der Waals surface area contributed by atoms with Gasteiger partial charge in [-0.05, 0) is 210 Å². The van der Waals surface area contributed by atoms with Gasteiger partial charge in [-0.15, -0.1) is 0 Å². The highest BCUT2D eigenvalue weighted by Gasteiger charge is 2.22. The van der Waals surface area contributed by atoms with Crippen LogP contribution in [-0.2, 0) is 52.7 Å². The predicted molar refractivity (Wildman–Crippen MR) is 453 cm³/mol. The average Bonchev–Trinajstić information content (AvgIpc) is 1.74. The van der Waals surface area contributed by atoms with E-state index >= 15 is 0 Å². The number of nitrogens with zero attached hydrogens (tertiary/aromatic N) is 6. The lowest BCUT2D eigenvalue weighted by atomic mass is 10.2. The number of benzene rings is 1. The summed E-state index contributed by atoms with van der Waals surface area (Å²) in [5.74, 6) is 49.7. The predicted octanol–water partition coefficient (Wildman–Crippen LogP) is 1.50. The molecule has 10 N–H and O–H groups in total. The van der Waals surface area contributed by atoms with Crippen LogP contribution in [0.5, 0.6) is 0 Å². The van der Waals surface area contributed by atoms with Crippen LogP contribution >= 0.6 is 0 Å². The van der Waals surface area contributed by atoms with Crippen molar-refractivity contribution in [1.82, 2.24) is 82.6 Å². The quantitative estimate of drug-likeness (QED) is 0.118. The van der Waals surface area contributed by atoms with Crippen LogP contribution in [-0.4, -0.2) is 291 Å². The molecule has 2 atom stereocenters. The number of methoxy groups -OCH3 is 1. The molecule has 113 heavy (non-hydrogen) atoms. The minimum absolute atomic E-state index is 0.191.